The number of halogens is 1. The van der Waals surface area contributed by atoms with E-state index in [9.17, 15) is 0 Å². The van der Waals surface area contributed by atoms with Crippen LogP contribution in [0, 0.1) is 5.92 Å². The molecule has 20 heavy (non-hydrogen) atoms. The van der Waals surface area contributed by atoms with Crippen LogP contribution in [0.5, 0.6) is 0 Å². The average Bonchev–Trinajstić information content (AvgIpc) is 2.46. The van der Waals surface area contributed by atoms with Crippen LogP contribution < -0.4 is 5.73 Å². The number of nitrogens with two attached hydrogens (primary N) is 1. The van der Waals surface area contributed by atoms with Crippen molar-refractivity contribution in [3.8, 4) is 0 Å². The molecule has 0 amide bonds. The Labute approximate surface area is 129 Å². The van der Waals surface area contributed by atoms with Crippen molar-refractivity contribution in [1.82, 2.24) is 4.98 Å². The van der Waals surface area contributed by atoms with E-state index in [4.69, 9.17) is 17.3 Å². The molecular weight excluding hydrogens is 288 g/mol. The number of rotatable bonds is 5. The smallest absolute Gasteiger partial charge is 0.115 e. The first kappa shape index (κ1) is 15.4. The number of hydrogen-bond donors (Lipinski definition) is 1. The summed E-state index contributed by atoms with van der Waals surface area (Å²) in [4.78, 5) is 4.35. The number of aromatic nitrogens is 1. The van der Waals surface area contributed by atoms with Gasteiger partial charge < -0.3 is 5.73 Å². The van der Waals surface area contributed by atoms with Gasteiger partial charge in [0.1, 0.15) is 5.03 Å². The fourth-order valence-electron chi connectivity index (χ4n) is 2.08. The monoisotopic (exact) mass is 306 g/mol. The third kappa shape index (κ3) is 3.75. The molecule has 1 heterocycles. The first-order chi connectivity index (χ1) is 9.59. The average molecular weight is 307 g/mol. The standard InChI is InChI=1S/C16H19ClN2S/c1-11(2)15(14(18)12-7-4-3-5-8-12)20-16-13(17)9-6-10-19-16/h3-11,14-15H,18H2,1-2H3. The summed E-state index contributed by atoms with van der Waals surface area (Å²) in [6, 6.07) is 13.8. The fraction of sp³-hybridized carbons (Fsp3) is 0.312. The summed E-state index contributed by atoms with van der Waals surface area (Å²) in [7, 11) is 0. The first-order valence-electron chi connectivity index (χ1n) is 6.67. The van der Waals surface area contributed by atoms with Gasteiger partial charge in [-0.25, -0.2) is 4.98 Å². The zero-order valence-corrected chi connectivity index (χ0v) is 13.2. The summed E-state index contributed by atoms with van der Waals surface area (Å²) in [5.74, 6) is 0.424. The second-order valence-corrected chi connectivity index (χ2v) is 6.63. The van der Waals surface area contributed by atoms with Crippen molar-refractivity contribution >= 4 is 23.4 Å². The summed E-state index contributed by atoms with van der Waals surface area (Å²) >= 11 is 7.86. The topological polar surface area (TPSA) is 38.9 Å². The highest BCUT2D eigenvalue weighted by molar-refractivity contribution is 8.00. The van der Waals surface area contributed by atoms with Crippen molar-refractivity contribution in [2.75, 3.05) is 0 Å². The van der Waals surface area contributed by atoms with Crippen molar-refractivity contribution in [2.24, 2.45) is 11.7 Å². The largest absolute Gasteiger partial charge is 0.323 e. The fourth-order valence-corrected chi connectivity index (χ4v) is 3.47. The van der Waals surface area contributed by atoms with Crippen LogP contribution >= 0.6 is 23.4 Å². The van der Waals surface area contributed by atoms with Crippen LogP contribution in [0.1, 0.15) is 25.5 Å². The molecule has 0 radical (unpaired) electrons. The number of nitrogens with zero attached hydrogens (tertiary/aromatic N) is 1. The van der Waals surface area contributed by atoms with Gasteiger partial charge in [0, 0.05) is 17.5 Å². The van der Waals surface area contributed by atoms with Crippen LogP contribution in [-0.4, -0.2) is 10.2 Å². The highest BCUT2D eigenvalue weighted by Gasteiger charge is 2.25. The molecule has 0 bridgehead atoms. The first-order valence-corrected chi connectivity index (χ1v) is 7.93. The highest BCUT2D eigenvalue weighted by Crippen LogP contribution is 2.37. The van der Waals surface area contributed by atoms with Gasteiger partial charge in [0.15, 0.2) is 0 Å². The van der Waals surface area contributed by atoms with Gasteiger partial charge in [0.25, 0.3) is 0 Å². The Morgan fingerprint density at radius 2 is 1.80 bits per heavy atom. The lowest BCUT2D eigenvalue weighted by atomic mass is 9.97. The normalized spacial score (nSPS) is 14.2. The SMILES string of the molecule is CC(C)C(Sc1ncccc1Cl)C(N)c1ccccc1. The molecular formula is C16H19ClN2S. The van der Waals surface area contributed by atoms with Gasteiger partial charge in [-0.05, 0) is 23.6 Å². The van der Waals surface area contributed by atoms with Crippen LogP contribution in [0.2, 0.25) is 5.02 Å². The lowest BCUT2D eigenvalue weighted by Crippen LogP contribution is -2.28. The summed E-state index contributed by atoms with van der Waals surface area (Å²) in [5, 5.41) is 1.76. The van der Waals surface area contributed by atoms with E-state index < -0.39 is 0 Å². The Kier molecular flexibility index (Phi) is 5.46. The predicted molar refractivity (Wildman–Crippen MR) is 87.1 cm³/mol. The quantitative estimate of drug-likeness (QED) is 0.824. The maximum absolute atomic E-state index is 6.45. The van der Waals surface area contributed by atoms with Gasteiger partial charge in [0.05, 0.1) is 5.02 Å². The lowest BCUT2D eigenvalue weighted by molar-refractivity contribution is 0.527. The Morgan fingerprint density at radius 1 is 1.10 bits per heavy atom. The third-order valence-electron chi connectivity index (χ3n) is 3.17. The third-order valence-corrected chi connectivity index (χ3v) is 5.24. The summed E-state index contributed by atoms with van der Waals surface area (Å²) in [6.45, 7) is 4.36. The van der Waals surface area contributed by atoms with E-state index in [1.807, 2.05) is 30.3 Å². The molecule has 2 rings (SSSR count). The zero-order chi connectivity index (χ0) is 14.5. The number of benzene rings is 1. The van der Waals surface area contributed by atoms with Crippen molar-refractivity contribution in [1.29, 1.82) is 0 Å². The second kappa shape index (κ2) is 7.11. The molecule has 2 atom stereocenters. The zero-order valence-electron chi connectivity index (χ0n) is 11.7. The number of thioether (sulfide) groups is 1. The summed E-state index contributed by atoms with van der Waals surface area (Å²) in [5.41, 5.74) is 7.59. The summed E-state index contributed by atoms with van der Waals surface area (Å²) < 4.78 is 0. The molecule has 0 saturated heterocycles. The van der Waals surface area contributed by atoms with Crippen LogP contribution in [0.25, 0.3) is 0 Å². The summed E-state index contributed by atoms with van der Waals surface area (Å²) in [6.07, 6.45) is 1.76. The second-order valence-electron chi connectivity index (χ2n) is 5.05. The molecule has 0 aliphatic heterocycles. The Morgan fingerprint density at radius 3 is 2.40 bits per heavy atom. The van der Waals surface area contributed by atoms with E-state index >= 15 is 0 Å². The van der Waals surface area contributed by atoms with Crippen molar-refractivity contribution in [2.45, 2.75) is 30.2 Å². The van der Waals surface area contributed by atoms with Crippen molar-refractivity contribution < 1.29 is 0 Å². The van der Waals surface area contributed by atoms with E-state index in [2.05, 4.69) is 31.0 Å². The number of pyridine rings is 1. The molecule has 1 aromatic heterocycles. The van der Waals surface area contributed by atoms with Gasteiger partial charge in [-0.15, -0.1) is 0 Å². The van der Waals surface area contributed by atoms with Crippen LogP contribution in [0.15, 0.2) is 53.7 Å². The minimum Gasteiger partial charge on any atom is -0.323 e. The van der Waals surface area contributed by atoms with Crippen LogP contribution in [0.3, 0.4) is 0 Å². The van der Waals surface area contributed by atoms with Gasteiger partial charge in [-0.1, -0.05) is 67.5 Å². The van der Waals surface area contributed by atoms with Gasteiger partial charge in [-0.2, -0.15) is 0 Å². The molecule has 0 spiro atoms. The van der Waals surface area contributed by atoms with E-state index in [0.29, 0.717) is 10.9 Å². The van der Waals surface area contributed by atoms with Crippen LogP contribution in [0.4, 0.5) is 0 Å². The van der Waals surface area contributed by atoms with Gasteiger partial charge in [0.2, 0.25) is 0 Å². The molecule has 0 fully saturated rings. The van der Waals surface area contributed by atoms with E-state index in [-0.39, 0.29) is 11.3 Å². The molecule has 2 aromatic rings. The lowest BCUT2D eigenvalue weighted by Gasteiger charge is -2.27. The van der Waals surface area contributed by atoms with Gasteiger partial charge >= 0.3 is 0 Å². The van der Waals surface area contributed by atoms with E-state index in [1.54, 1.807) is 18.0 Å². The van der Waals surface area contributed by atoms with Gasteiger partial charge in [-0.3, -0.25) is 0 Å². The van der Waals surface area contributed by atoms with Crippen LogP contribution in [-0.2, 0) is 0 Å². The Hall–Kier alpha value is -1.03. The van der Waals surface area contributed by atoms with Crippen molar-refractivity contribution in [3.63, 3.8) is 0 Å². The van der Waals surface area contributed by atoms with Crippen molar-refractivity contribution in [3.05, 3.63) is 59.2 Å². The maximum atomic E-state index is 6.45. The van der Waals surface area contributed by atoms with E-state index in [1.165, 1.54) is 0 Å². The molecule has 0 aliphatic rings. The molecule has 2 unspecified atom stereocenters. The molecule has 1 aromatic carbocycles. The predicted octanol–water partition coefficient (Wildman–Crippen LogP) is 4.55. The minimum absolute atomic E-state index is 0.0423. The molecule has 0 aliphatic carbocycles. The number of hydrogen-bond acceptors (Lipinski definition) is 3. The molecule has 4 heteroatoms. The molecule has 106 valence electrons. The molecule has 2 nitrogen and oxygen atoms in total. The Balaban J connectivity index is 2.22. The molecule has 2 N–H and O–H groups in total. The maximum Gasteiger partial charge on any atom is 0.115 e. The van der Waals surface area contributed by atoms with E-state index in [0.717, 1.165) is 10.6 Å². The molecule has 0 saturated carbocycles. The minimum atomic E-state index is -0.0423. The highest BCUT2D eigenvalue weighted by atomic mass is 35.5. The Bertz CT molecular complexity index is 545.